The molecule has 0 aliphatic carbocycles. The van der Waals surface area contributed by atoms with Crippen LogP contribution in [0.5, 0.6) is 0 Å². The summed E-state index contributed by atoms with van der Waals surface area (Å²) < 4.78 is 34.9. The van der Waals surface area contributed by atoms with E-state index in [1.165, 1.54) is 12.1 Å². The summed E-state index contributed by atoms with van der Waals surface area (Å²) in [5.41, 5.74) is 0.373. The SMILES string of the molecule is O=C(O)CS(=O)(=O)Cc1ccc(F)cc1. The van der Waals surface area contributed by atoms with E-state index in [0.29, 0.717) is 5.56 Å². The van der Waals surface area contributed by atoms with E-state index >= 15 is 0 Å². The highest BCUT2D eigenvalue weighted by molar-refractivity contribution is 7.91. The second kappa shape index (κ2) is 4.39. The van der Waals surface area contributed by atoms with Gasteiger partial charge in [-0.15, -0.1) is 0 Å². The number of aliphatic carboxylic acids is 1. The summed E-state index contributed by atoms with van der Waals surface area (Å²) in [6.45, 7) is 0. The first-order chi connectivity index (χ1) is 6.89. The third-order valence-corrected chi connectivity index (χ3v) is 3.10. The summed E-state index contributed by atoms with van der Waals surface area (Å²) in [6.07, 6.45) is 0. The molecular formula is C9H9FO4S. The molecule has 0 unspecified atom stereocenters. The van der Waals surface area contributed by atoms with Gasteiger partial charge in [0.05, 0.1) is 5.75 Å². The van der Waals surface area contributed by atoms with Gasteiger partial charge in [0.25, 0.3) is 0 Å². The number of carbonyl (C=O) groups is 1. The van der Waals surface area contributed by atoms with E-state index in [1.807, 2.05) is 0 Å². The van der Waals surface area contributed by atoms with Gasteiger partial charge in [0.1, 0.15) is 11.6 Å². The van der Waals surface area contributed by atoms with E-state index in [9.17, 15) is 17.6 Å². The van der Waals surface area contributed by atoms with Gasteiger partial charge in [0.15, 0.2) is 9.84 Å². The van der Waals surface area contributed by atoms with Crippen LogP contribution in [0.25, 0.3) is 0 Å². The summed E-state index contributed by atoms with van der Waals surface area (Å²) in [5, 5.41) is 8.33. The largest absolute Gasteiger partial charge is 0.480 e. The molecule has 15 heavy (non-hydrogen) atoms. The average Bonchev–Trinajstić information content (AvgIpc) is 2.06. The van der Waals surface area contributed by atoms with E-state index < -0.39 is 27.4 Å². The number of benzene rings is 1. The van der Waals surface area contributed by atoms with Gasteiger partial charge in [-0.3, -0.25) is 4.79 Å². The van der Waals surface area contributed by atoms with Gasteiger partial charge in [0.2, 0.25) is 0 Å². The monoisotopic (exact) mass is 232 g/mol. The average molecular weight is 232 g/mol. The van der Waals surface area contributed by atoms with Gasteiger partial charge < -0.3 is 5.11 Å². The molecule has 0 aliphatic heterocycles. The van der Waals surface area contributed by atoms with Crippen LogP contribution in [0, 0.1) is 5.82 Å². The molecule has 0 radical (unpaired) electrons. The summed E-state index contributed by atoms with van der Waals surface area (Å²) >= 11 is 0. The molecule has 0 aromatic heterocycles. The highest BCUT2D eigenvalue weighted by atomic mass is 32.2. The number of hydrogen-bond acceptors (Lipinski definition) is 3. The van der Waals surface area contributed by atoms with E-state index in [-0.39, 0.29) is 5.75 Å². The molecule has 4 nitrogen and oxygen atoms in total. The van der Waals surface area contributed by atoms with Crippen LogP contribution in [-0.2, 0) is 20.4 Å². The molecule has 1 N–H and O–H groups in total. The van der Waals surface area contributed by atoms with Crippen LogP contribution in [-0.4, -0.2) is 25.2 Å². The molecule has 0 atom stereocenters. The summed E-state index contributed by atoms with van der Waals surface area (Å²) in [5.74, 6) is -3.16. The van der Waals surface area contributed by atoms with Crippen LogP contribution >= 0.6 is 0 Å². The van der Waals surface area contributed by atoms with Crippen molar-refractivity contribution in [3.05, 3.63) is 35.6 Å². The Morgan fingerprint density at radius 2 is 1.80 bits per heavy atom. The third-order valence-electron chi connectivity index (χ3n) is 1.64. The zero-order chi connectivity index (χ0) is 11.5. The number of carboxylic acids is 1. The van der Waals surface area contributed by atoms with Gasteiger partial charge in [-0.05, 0) is 17.7 Å². The van der Waals surface area contributed by atoms with Crippen molar-refractivity contribution in [2.45, 2.75) is 5.75 Å². The predicted molar refractivity (Wildman–Crippen MR) is 51.5 cm³/mol. The molecule has 1 aromatic rings. The number of halogens is 1. The van der Waals surface area contributed by atoms with Crippen LogP contribution in [0.1, 0.15) is 5.56 Å². The smallest absolute Gasteiger partial charge is 0.318 e. The first kappa shape index (κ1) is 11.6. The fraction of sp³-hybridized carbons (Fsp3) is 0.222. The van der Waals surface area contributed by atoms with Crippen molar-refractivity contribution in [1.82, 2.24) is 0 Å². The second-order valence-corrected chi connectivity index (χ2v) is 5.12. The highest BCUT2D eigenvalue weighted by Gasteiger charge is 2.16. The molecule has 0 bridgehead atoms. The molecule has 6 heteroatoms. The maximum atomic E-state index is 12.5. The summed E-state index contributed by atoms with van der Waals surface area (Å²) in [4.78, 5) is 10.2. The van der Waals surface area contributed by atoms with Crippen LogP contribution in [0.4, 0.5) is 4.39 Å². The lowest BCUT2D eigenvalue weighted by Gasteiger charge is -2.01. The van der Waals surface area contributed by atoms with Crippen molar-refractivity contribution in [3.63, 3.8) is 0 Å². The lowest BCUT2D eigenvalue weighted by atomic mass is 10.2. The maximum absolute atomic E-state index is 12.5. The van der Waals surface area contributed by atoms with Crippen LogP contribution in [0.3, 0.4) is 0 Å². The third kappa shape index (κ3) is 4.07. The molecular weight excluding hydrogens is 223 g/mol. The molecule has 0 spiro atoms. The summed E-state index contributed by atoms with van der Waals surface area (Å²) in [6, 6.07) is 4.89. The number of carboxylic acid groups (broad SMARTS) is 1. The molecule has 0 saturated carbocycles. The Balaban J connectivity index is 2.78. The van der Waals surface area contributed by atoms with Crippen molar-refractivity contribution in [1.29, 1.82) is 0 Å². The Kier molecular flexibility index (Phi) is 3.41. The Morgan fingerprint density at radius 3 is 2.27 bits per heavy atom. The van der Waals surface area contributed by atoms with Crippen LogP contribution in [0.2, 0.25) is 0 Å². The van der Waals surface area contributed by atoms with Crippen molar-refractivity contribution < 1.29 is 22.7 Å². The quantitative estimate of drug-likeness (QED) is 0.834. The van der Waals surface area contributed by atoms with Crippen LogP contribution in [0.15, 0.2) is 24.3 Å². The first-order valence-corrected chi connectivity index (χ1v) is 5.88. The number of hydrogen-bond donors (Lipinski definition) is 1. The van der Waals surface area contributed by atoms with Crippen LogP contribution < -0.4 is 0 Å². The molecule has 0 saturated heterocycles. The molecule has 1 rings (SSSR count). The Morgan fingerprint density at radius 1 is 1.27 bits per heavy atom. The molecule has 0 heterocycles. The zero-order valence-corrected chi connectivity index (χ0v) is 8.50. The van der Waals surface area contributed by atoms with E-state index in [4.69, 9.17) is 5.11 Å². The maximum Gasteiger partial charge on any atom is 0.318 e. The van der Waals surface area contributed by atoms with Gasteiger partial charge in [-0.1, -0.05) is 12.1 Å². The van der Waals surface area contributed by atoms with Gasteiger partial charge >= 0.3 is 5.97 Å². The Labute approximate surface area is 86.3 Å². The van der Waals surface area contributed by atoms with E-state index in [0.717, 1.165) is 12.1 Å². The molecule has 0 aliphatic rings. The van der Waals surface area contributed by atoms with Crippen molar-refractivity contribution >= 4 is 15.8 Å². The molecule has 0 amide bonds. The fourth-order valence-electron chi connectivity index (χ4n) is 1.07. The van der Waals surface area contributed by atoms with E-state index in [2.05, 4.69) is 0 Å². The summed E-state index contributed by atoms with van der Waals surface area (Å²) in [7, 11) is -3.67. The molecule has 82 valence electrons. The second-order valence-electron chi connectivity index (χ2n) is 3.05. The van der Waals surface area contributed by atoms with Crippen molar-refractivity contribution in [2.75, 3.05) is 5.75 Å². The van der Waals surface area contributed by atoms with Gasteiger partial charge in [0, 0.05) is 0 Å². The first-order valence-electron chi connectivity index (χ1n) is 4.06. The Bertz CT molecular complexity index is 450. The zero-order valence-electron chi connectivity index (χ0n) is 7.68. The van der Waals surface area contributed by atoms with Gasteiger partial charge in [-0.2, -0.15) is 0 Å². The molecule has 1 aromatic carbocycles. The number of rotatable bonds is 4. The minimum absolute atomic E-state index is 0.373. The standard InChI is InChI=1S/C9H9FO4S/c10-8-3-1-7(2-4-8)5-15(13,14)6-9(11)12/h1-4H,5-6H2,(H,11,12). The molecule has 0 fully saturated rings. The fourth-order valence-corrected chi connectivity index (χ4v) is 2.25. The van der Waals surface area contributed by atoms with E-state index in [1.54, 1.807) is 0 Å². The lowest BCUT2D eigenvalue weighted by molar-refractivity contribution is -0.134. The minimum Gasteiger partial charge on any atom is -0.480 e. The predicted octanol–water partition coefficient (Wildman–Crippen LogP) is 0.825. The van der Waals surface area contributed by atoms with Gasteiger partial charge in [-0.25, -0.2) is 12.8 Å². The Hall–Kier alpha value is -1.43. The normalized spacial score (nSPS) is 11.3. The van der Waals surface area contributed by atoms with Crippen molar-refractivity contribution in [3.8, 4) is 0 Å². The highest BCUT2D eigenvalue weighted by Crippen LogP contribution is 2.07. The van der Waals surface area contributed by atoms with Crippen molar-refractivity contribution in [2.24, 2.45) is 0 Å². The minimum atomic E-state index is -3.67. The topological polar surface area (TPSA) is 71.4 Å². The lowest BCUT2D eigenvalue weighted by Crippen LogP contribution is -2.16. The number of sulfone groups is 1.